The predicted octanol–water partition coefficient (Wildman–Crippen LogP) is 0.381. The zero-order chi connectivity index (χ0) is 18.5. The summed E-state index contributed by atoms with van der Waals surface area (Å²) in [5.41, 5.74) is -3.12. The van der Waals surface area contributed by atoms with Gasteiger partial charge in [0.2, 0.25) is 17.2 Å². The summed E-state index contributed by atoms with van der Waals surface area (Å²) in [5.74, 6) is -5.65. The van der Waals surface area contributed by atoms with Gasteiger partial charge in [-0.15, -0.1) is 0 Å². The highest BCUT2D eigenvalue weighted by Crippen LogP contribution is 2.25. The number of carboxylic acid groups (broad SMARTS) is 1. The number of Topliss-reactive ketones (excluding diaryl/α,β-unsaturated/α-hetero) is 1. The molecule has 0 aliphatic heterocycles. The molecule has 1 aromatic rings. The van der Waals surface area contributed by atoms with Gasteiger partial charge in [0.15, 0.2) is 0 Å². The van der Waals surface area contributed by atoms with Gasteiger partial charge in [0.25, 0.3) is 10.1 Å². The van der Waals surface area contributed by atoms with E-state index in [1.54, 1.807) is 6.07 Å². The zero-order valence-electron chi connectivity index (χ0n) is 13.0. The number of hydroxylamine groups is 2. The van der Waals surface area contributed by atoms with E-state index in [0.29, 0.717) is 0 Å². The fourth-order valence-corrected chi connectivity index (χ4v) is 3.07. The molecule has 0 unspecified atom stereocenters. The van der Waals surface area contributed by atoms with Gasteiger partial charge < -0.3 is 5.11 Å². The Bertz CT molecular complexity index is 730. The summed E-state index contributed by atoms with van der Waals surface area (Å²) >= 11 is 0. The number of aliphatic carboxylic acids is 1. The minimum Gasteiger partial charge on any atom is -0.479 e. The Hall–Kier alpha value is -2.30. The van der Waals surface area contributed by atoms with Crippen molar-refractivity contribution >= 4 is 27.8 Å². The molecule has 10 heteroatoms. The van der Waals surface area contributed by atoms with Crippen LogP contribution in [0.4, 0.5) is 0 Å². The summed E-state index contributed by atoms with van der Waals surface area (Å²) in [6.07, 6.45) is -0.254. The van der Waals surface area contributed by atoms with E-state index in [2.05, 4.69) is 0 Å². The lowest BCUT2D eigenvalue weighted by molar-refractivity contribution is -0.205. The normalized spacial score (nSPS) is 13.8. The average molecular weight is 359 g/mol. The lowest BCUT2D eigenvalue weighted by Gasteiger charge is -2.36. The third kappa shape index (κ3) is 3.96. The van der Waals surface area contributed by atoms with Gasteiger partial charge in [0.05, 0.1) is 7.11 Å². The molecule has 132 valence electrons. The first kappa shape index (κ1) is 19.7. The van der Waals surface area contributed by atoms with Gasteiger partial charge in [0.1, 0.15) is 5.75 Å². The highest BCUT2D eigenvalue weighted by molar-refractivity contribution is 7.85. The molecule has 0 heterocycles. The van der Waals surface area contributed by atoms with Gasteiger partial charge in [-0.25, -0.2) is 4.79 Å². The molecule has 0 spiro atoms. The highest BCUT2D eigenvalue weighted by atomic mass is 32.2. The van der Waals surface area contributed by atoms with Crippen LogP contribution in [-0.4, -0.2) is 59.2 Å². The summed E-state index contributed by atoms with van der Waals surface area (Å²) in [6, 6.07) is 6.95. The van der Waals surface area contributed by atoms with Crippen LogP contribution in [0.15, 0.2) is 30.3 Å². The summed E-state index contributed by atoms with van der Waals surface area (Å²) in [4.78, 5) is 41.4. The van der Waals surface area contributed by atoms with E-state index in [4.69, 9.17) is 9.39 Å². The van der Waals surface area contributed by atoms with Gasteiger partial charge in [-0.1, -0.05) is 37.3 Å². The van der Waals surface area contributed by atoms with Gasteiger partial charge >= 0.3 is 5.97 Å². The Kier molecular flexibility index (Phi) is 6.18. The van der Waals surface area contributed by atoms with Crippen molar-refractivity contribution in [2.45, 2.75) is 18.9 Å². The molecule has 0 aliphatic carbocycles. The number of ketones is 1. The van der Waals surface area contributed by atoms with Crippen LogP contribution < -0.4 is 0 Å². The van der Waals surface area contributed by atoms with E-state index in [1.807, 2.05) is 0 Å². The number of hydrogen-bond acceptors (Lipinski definition) is 6. The molecule has 0 saturated carbocycles. The Morgan fingerprint density at radius 1 is 1.21 bits per heavy atom. The number of nitrogens with zero attached hydrogens (tertiary/aromatic N) is 1. The minimum atomic E-state index is -4.95. The maximum Gasteiger partial charge on any atom is 0.341 e. The van der Waals surface area contributed by atoms with E-state index < -0.39 is 39.1 Å². The monoisotopic (exact) mass is 359 g/mol. The van der Waals surface area contributed by atoms with Crippen molar-refractivity contribution < 1.29 is 37.3 Å². The Balaban J connectivity index is 3.67. The third-order valence-electron chi connectivity index (χ3n) is 3.21. The topological polar surface area (TPSA) is 138 Å². The van der Waals surface area contributed by atoms with Crippen LogP contribution >= 0.6 is 0 Å². The van der Waals surface area contributed by atoms with Crippen molar-refractivity contribution in [2.75, 3.05) is 12.9 Å². The smallest absolute Gasteiger partial charge is 0.341 e. The first-order valence-corrected chi connectivity index (χ1v) is 8.36. The quantitative estimate of drug-likeness (QED) is 0.294. The van der Waals surface area contributed by atoms with Crippen molar-refractivity contribution in [3.8, 4) is 0 Å². The Morgan fingerprint density at radius 3 is 2.12 bits per heavy atom. The van der Waals surface area contributed by atoms with Gasteiger partial charge in [-0.2, -0.15) is 13.5 Å². The lowest BCUT2D eigenvalue weighted by Crippen LogP contribution is -2.65. The number of carbonyl (C=O) groups is 3. The summed E-state index contributed by atoms with van der Waals surface area (Å²) in [5, 5.41) is 9.77. The van der Waals surface area contributed by atoms with Crippen LogP contribution in [-0.2, 0) is 24.5 Å². The van der Waals surface area contributed by atoms with Gasteiger partial charge in [-0.05, 0) is 0 Å². The highest BCUT2D eigenvalue weighted by Gasteiger charge is 2.57. The maximum absolute atomic E-state index is 12.8. The molecular weight excluding hydrogens is 342 g/mol. The van der Waals surface area contributed by atoms with Crippen LogP contribution in [0.1, 0.15) is 23.7 Å². The van der Waals surface area contributed by atoms with Crippen LogP contribution in [0, 0.1) is 0 Å². The second-order valence-electron chi connectivity index (χ2n) is 4.81. The molecule has 1 rings (SSSR count). The molecule has 1 amide bonds. The lowest BCUT2D eigenvalue weighted by atomic mass is 9.90. The van der Waals surface area contributed by atoms with Crippen molar-refractivity contribution in [1.29, 1.82) is 0 Å². The minimum absolute atomic E-state index is 0.158. The largest absolute Gasteiger partial charge is 0.479 e. The standard InChI is InChI=1S/C14H17NO8S/c1-3-11(16)15(23-2)14(13(18)19,9-24(20,21)22)12(17)10-7-5-4-6-8-10/h4-8H,3,9H2,1-2H3,(H,18,19)(H,20,21,22)/t14-/m1/s1. The van der Waals surface area contributed by atoms with Gasteiger partial charge in [0, 0.05) is 12.0 Å². The van der Waals surface area contributed by atoms with E-state index in [-0.39, 0.29) is 17.0 Å². The van der Waals surface area contributed by atoms with Crippen molar-refractivity contribution in [2.24, 2.45) is 0 Å². The maximum atomic E-state index is 12.8. The number of carbonyl (C=O) groups excluding carboxylic acids is 2. The molecule has 2 N–H and O–H groups in total. The van der Waals surface area contributed by atoms with E-state index in [1.165, 1.54) is 31.2 Å². The number of rotatable bonds is 8. The second kappa shape index (κ2) is 7.51. The number of hydrogen-bond donors (Lipinski definition) is 2. The first-order chi connectivity index (χ1) is 11.1. The molecule has 0 aromatic heterocycles. The van der Waals surface area contributed by atoms with E-state index in [0.717, 1.165) is 7.11 Å². The summed E-state index contributed by atoms with van der Waals surface area (Å²) in [7, 11) is -4.03. The molecule has 24 heavy (non-hydrogen) atoms. The number of amides is 1. The molecule has 0 radical (unpaired) electrons. The Labute approximate surface area is 138 Å². The van der Waals surface area contributed by atoms with Crippen molar-refractivity contribution in [3.63, 3.8) is 0 Å². The molecule has 1 atom stereocenters. The van der Waals surface area contributed by atoms with Crippen LogP contribution in [0.25, 0.3) is 0 Å². The third-order valence-corrected chi connectivity index (χ3v) is 4.00. The Morgan fingerprint density at radius 2 is 1.75 bits per heavy atom. The summed E-state index contributed by atoms with van der Waals surface area (Å²) in [6.45, 7) is 1.38. The number of benzene rings is 1. The molecule has 1 aromatic carbocycles. The molecule has 0 saturated heterocycles. The first-order valence-electron chi connectivity index (χ1n) is 6.75. The number of carboxylic acids is 1. The second-order valence-corrected chi connectivity index (χ2v) is 6.26. The predicted molar refractivity (Wildman–Crippen MR) is 81.7 cm³/mol. The molecular formula is C14H17NO8S. The van der Waals surface area contributed by atoms with Crippen LogP contribution in [0.3, 0.4) is 0 Å². The van der Waals surface area contributed by atoms with E-state index in [9.17, 15) is 27.9 Å². The van der Waals surface area contributed by atoms with Crippen LogP contribution in [0.2, 0.25) is 0 Å². The van der Waals surface area contributed by atoms with Crippen molar-refractivity contribution in [1.82, 2.24) is 5.06 Å². The van der Waals surface area contributed by atoms with E-state index >= 15 is 0 Å². The molecule has 9 nitrogen and oxygen atoms in total. The van der Waals surface area contributed by atoms with Gasteiger partial charge in [-0.3, -0.25) is 19.0 Å². The molecule has 0 aliphatic rings. The van der Waals surface area contributed by atoms with Crippen LogP contribution in [0.5, 0.6) is 0 Å². The molecule has 0 bridgehead atoms. The fourth-order valence-electron chi connectivity index (χ4n) is 2.17. The zero-order valence-corrected chi connectivity index (χ0v) is 13.8. The molecule has 0 fully saturated rings. The average Bonchev–Trinajstić information content (AvgIpc) is 2.52. The SMILES string of the molecule is CCC(=O)N(OC)[C@@](CS(=O)(=O)O)(C(=O)O)C(=O)c1ccccc1. The fraction of sp³-hybridized carbons (Fsp3) is 0.357. The summed E-state index contributed by atoms with van der Waals surface area (Å²) < 4.78 is 31.9. The van der Waals surface area contributed by atoms with Crippen molar-refractivity contribution in [3.05, 3.63) is 35.9 Å².